The van der Waals surface area contributed by atoms with Crippen LogP contribution in [0.5, 0.6) is 0 Å². The van der Waals surface area contributed by atoms with E-state index in [9.17, 15) is 9.90 Å². The Morgan fingerprint density at radius 1 is 1.24 bits per heavy atom. The first kappa shape index (κ1) is 18.2. The smallest absolute Gasteiger partial charge is 0.410 e. The Balaban J connectivity index is 1.77. The van der Waals surface area contributed by atoms with E-state index in [4.69, 9.17) is 4.74 Å². The molecule has 3 rings (SSSR count). The maximum absolute atomic E-state index is 12.7. The van der Waals surface area contributed by atoms with E-state index in [0.29, 0.717) is 25.0 Å². The van der Waals surface area contributed by atoms with Gasteiger partial charge in [-0.1, -0.05) is 30.3 Å². The minimum atomic E-state index is -0.499. The Bertz CT molecular complexity index is 584. The van der Waals surface area contributed by atoms with Gasteiger partial charge in [-0.3, -0.25) is 4.90 Å². The zero-order valence-electron chi connectivity index (χ0n) is 15.5. The number of likely N-dealkylation sites (tertiary alicyclic amines) is 1. The number of piperazine rings is 1. The number of carbonyl (C=O) groups excluding carboxylic acids is 1. The number of rotatable bonds is 4. The van der Waals surface area contributed by atoms with Crippen molar-refractivity contribution in [2.24, 2.45) is 0 Å². The Kier molecular flexibility index (Phi) is 5.35. The molecule has 25 heavy (non-hydrogen) atoms. The van der Waals surface area contributed by atoms with E-state index in [0.717, 1.165) is 19.4 Å². The molecule has 1 aromatic carbocycles. The van der Waals surface area contributed by atoms with Gasteiger partial charge in [-0.25, -0.2) is 4.79 Å². The van der Waals surface area contributed by atoms with Crippen molar-refractivity contribution in [3.05, 3.63) is 35.9 Å². The number of benzene rings is 1. The van der Waals surface area contributed by atoms with Crippen molar-refractivity contribution in [1.29, 1.82) is 0 Å². The third kappa shape index (κ3) is 4.15. The average Bonchev–Trinajstić information content (AvgIpc) is 2.82. The highest BCUT2D eigenvalue weighted by Gasteiger charge is 2.48. The number of hydrogen-bond acceptors (Lipinski definition) is 4. The van der Waals surface area contributed by atoms with E-state index in [-0.39, 0.29) is 18.7 Å². The van der Waals surface area contributed by atoms with Crippen LogP contribution < -0.4 is 0 Å². The van der Waals surface area contributed by atoms with Crippen LogP contribution in [0, 0.1) is 0 Å². The third-order valence-electron chi connectivity index (χ3n) is 5.20. The third-order valence-corrected chi connectivity index (χ3v) is 5.20. The largest absolute Gasteiger partial charge is 0.444 e. The molecule has 1 N–H and O–H groups in total. The van der Waals surface area contributed by atoms with Crippen molar-refractivity contribution in [3.63, 3.8) is 0 Å². The number of aliphatic hydroxyl groups is 1. The maximum atomic E-state index is 12.7. The summed E-state index contributed by atoms with van der Waals surface area (Å²) in [6.07, 6.45) is 2.52. The molecule has 0 saturated carbocycles. The molecule has 0 aliphatic carbocycles. The molecule has 3 atom stereocenters. The summed E-state index contributed by atoms with van der Waals surface area (Å²) in [5.74, 6) is 0. The summed E-state index contributed by atoms with van der Waals surface area (Å²) in [5, 5.41) is 9.56. The fourth-order valence-corrected chi connectivity index (χ4v) is 4.20. The monoisotopic (exact) mass is 346 g/mol. The fraction of sp³-hybridized carbons (Fsp3) is 0.650. The predicted molar refractivity (Wildman–Crippen MR) is 97.2 cm³/mol. The van der Waals surface area contributed by atoms with E-state index >= 15 is 0 Å². The van der Waals surface area contributed by atoms with Crippen molar-refractivity contribution < 1.29 is 14.6 Å². The van der Waals surface area contributed by atoms with Gasteiger partial charge in [0.1, 0.15) is 5.60 Å². The molecular weight excluding hydrogens is 316 g/mol. The van der Waals surface area contributed by atoms with Gasteiger partial charge in [-0.15, -0.1) is 0 Å². The van der Waals surface area contributed by atoms with Gasteiger partial charge in [-0.2, -0.15) is 0 Å². The molecule has 5 nitrogen and oxygen atoms in total. The van der Waals surface area contributed by atoms with Gasteiger partial charge in [0, 0.05) is 31.8 Å². The van der Waals surface area contributed by atoms with Crippen molar-refractivity contribution in [2.45, 2.75) is 70.3 Å². The molecule has 0 aromatic heterocycles. The lowest BCUT2D eigenvalue weighted by atomic mass is 9.99. The summed E-state index contributed by atoms with van der Waals surface area (Å²) in [6.45, 7) is 7.36. The molecule has 0 spiro atoms. The molecule has 138 valence electrons. The number of carbonyl (C=O) groups is 1. The second kappa shape index (κ2) is 7.34. The quantitative estimate of drug-likeness (QED) is 0.910. The molecule has 2 heterocycles. The molecule has 1 amide bonds. The molecule has 2 bridgehead atoms. The van der Waals surface area contributed by atoms with Crippen LogP contribution in [0.25, 0.3) is 0 Å². The molecule has 2 fully saturated rings. The highest BCUT2D eigenvalue weighted by molar-refractivity contribution is 5.69. The number of nitrogens with zero attached hydrogens (tertiary/aromatic N) is 2. The molecule has 2 aliphatic rings. The van der Waals surface area contributed by atoms with Gasteiger partial charge in [0.15, 0.2) is 0 Å². The van der Waals surface area contributed by atoms with Gasteiger partial charge in [0.05, 0.1) is 6.04 Å². The summed E-state index contributed by atoms with van der Waals surface area (Å²) in [7, 11) is 0. The van der Waals surface area contributed by atoms with Crippen LogP contribution in [0.15, 0.2) is 30.3 Å². The van der Waals surface area contributed by atoms with E-state index in [1.807, 2.05) is 31.7 Å². The van der Waals surface area contributed by atoms with Crippen molar-refractivity contribution in [3.8, 4) is 0 Å². The van der Waals surface area contributed by atoms with Gasteiger partial charge < -0.3 is 14.7 Å². The fourth-order valence-electron chi connectivity index (χ4n) is 4.20. The summed E-state index contributed by atoms with van der Waals surface area (Å²) >= 11 is 0. The number of hydrogen-bond donors (Lipinski definition) is 1. The topological polar surface area (TPSA) is 53.0 Å². The van der Waals surface area contributed by atoms with Crippen LogP contribution in [0.2, 0.25) is 0 Å². The summed E-state index contributed by atoms with van der Waals surface area (Å²) in [6, 6.07) is 11.2. The SMILES string of the molecule is CC(C)(C)OC(=O)N1C[C@@H]2CC[C@H]([C@H]1CCO)N2Cc1ccccc1. The molecule has 2 aliphatic heterocycles. The predicted octanol–water partition coefficient (Wildman–Crippen LogP) is 3.02. The molecular formula is C20H30N2O3. The highest BCUT2D eigenvalue weighted by atomic mass is 16.6. The minimum absolute atomic E-state index is 0.0160. The van der Waals surface area contributed by atoms with Crippen LogP contribution in [-0.4, -0.2) is 57.9 Å². The van der Waals surface area contributed by atoms with E-state index in [1.165, 1.54) is 5.56 Å². The molecule has 5 heteroatoms. The zero-order chi connectivity index (χ0) is 18.0. The van der Waals surface area contributed by atoms with Crippen LogP contribution in [-0.2, 0) is 11.3 Å². The number of aliphatic hydroxyl groups excluding tert-OH is 1. The first-order valence-corrected chi connectivity index (χ1v) is 9.29. The lowest BCUT2D eigenvalue weighted by molar-refractivity contribution is -0.0286. The van der Waals surface area contributed by atoms with Crippen LogP contribution in [0.3, 0.4) is 0 Å². The maximum Gasteiger partial charge on any atom is 0.410 e. The van der Waals surface area contributed by atoms with E-state index in [2.05, 4.69) is 29.2 Å². The highest BCUT2D eigenvalue weighted by Crippen LogP contribution is 2.37. The molecule has 2 saturated heterocycles. The zero-order valence-corrected chi connectivity index (χ0v) is 15.5. The Morgan fingerprint density at radius 3 is 2.60 bits per heavy atom. The van der Waals surface area contributed by atoms with Crippen molar-refractivity contribution in [1.82, 2.24) is 9.80 Å². The van der Waals surface area contributed by atoms with Gasteiger partial charge in [-0.05, 0) is 45.6 Å². The standard InChI is InChI=1S/C20H30N2O3/c1-20(2,3)25-19(24)22-14-16-9-10-17(18(22)11-12-23)21(16)13-15-7-5-4-6-8-15/h4-8,16-18,23H,9-14H2,1-3H3/t16-,17+,18+/m0/s1. The lowest BCUT2D eigenvalue weighted by Crippen LogP contribution is -2.61. The van der Waals surface area contributed by atoms with Gasteiger partial charge in [0.25, 0.3) is 0 Å². The average molecular weight is 346 g/mol. The van der Waals surface area contributed by atoms with Crippen molar-refractivity contribution >= 4 is 6.09 Å². The minimum Gasteiger partial charge on any atom is -0.444 e. The van der Waals surface area contributed by atoms with E-state index < -0.39 is 5.60 Å². The first-order chi connectivity index (χ1) is 11.9. The number of fused-ring (bicyclic) bond motifs is 2. The Hall–Kier alpha value is -1.59. The van der Waals surface area contributed by atoms with Gasteiger partial charge in [0.2, 0.25) is 0 Å². The molecule has 0 unspecified atom stereocenters. The molecule has 0 radical (unpaired) electrons. The van der Waals surface area contributed by atoms with Gasteiger partial charge >= 0.3 is 6.09 Å². The Labute approximate surface area is 150 Å². The first-order valence-electron chi connectivity index (χ1n) is 9.29. The summed E-state index contributed by atoms with van der Waals surface area (Å²) in [4.78, 5) is 17.1. The van der Waals surface area contributed by atoms with Crippen LogP contribution >= 0.6 is 0 Å². The number of amides is 1. The lowest BCUT2D eigenvalue weighted by Gasteiger charge is -2.47. The van der Waals surface area contributed by atoms with Crippen molar-refractivity contribution in [2.75, 3.05) is 13.2 Å². The normalized spacial score (nSPS) is 26.7. The summed E-state index contributed by atoms with van der Waals surface area (Å²) in [5.41, 5.74) is 0.800. The van der Waals surface area contributed by atoms with Crippen LogP contribution in [0.1, 0.15) is 45.6 Å². The second-order valence-electron chi connectivity index (χ2n) is 8.17. The second-order valence-corrected chi connectivity index (χ2v) is 8.17. The Morgan fingerprint density at radius 2 is 1.96 bits per heavy atom. The summed E-state index contributed by atoms with van der Waals surface area (Å²) < 4.78 is 5.62. The van der Waals surface area contributed by atoms with E-state index in [1.54, 1.807) is 0 Å². The molecule has 1 aromatic rings. The number of ether oxygens (including phenoxy) is 1. The van der Waals surface area contributed by atoms with Crippen LogP contribution in [0.4, 0.5) is 4.79 Å².